The van der Waals surface area contributed by atoms with Gasteiger partial charge in [-0.05, 0) is 19.1 Å². The van der Waals surface area contributed by atoms with Gasteiger partial charge in [0.15, 0.2) is 0 Å². The number of nitrogens with zero attached hydrogens (tertiary/aromatic N) is 1. The van der Waals surface area contributed by atoms with Crippen LogP contribution in [0.15, 0.2) is 24.5 Å². The molecule has 0 saturated heterocycles. The molecule has 2 amide bonds. The summed E-state index contributed by atoms with van der Waals surface area (Å²) in [6, 6.07) is 3.19. The molecule has 0 radical (unpaired) electrons. The molecule has 104 valence electrons. The number of hydrogen-bond donors (Lipinski definition) is 3. The summed E-state index contributed by atoms with van der Waals surface area (Å²) in [6.45, 7) is 4.30. The van der Waals surface area contributed by atoms with Gasteiger partial charge in [-0.1, -0.05) is 6.92 Å². The second kappa shape index (κ2) is 7.48. The first kappa shape index (κ1) is 15.1. The zero-order chi connectivity index (χ0) is 14.3. The van der Waals surface area contributed by atoms with Crippen molar-refractivity contribution in [3.05, 3.63) is 30.1 Å². The van der Waals surface area contributed by atoms with E-state index in [2.05, 4.69) is 15.6 Å². The highest BCUT2D eigenvalue weighted by Crippen LogP contribution is 1.98. The van der Waals surface area contributed by atoms with Crippen molar-refractivity contribution in [3.8, 4) is 0 Å². The lowest BCUT2D eigenvalue weighted by Crippen LogP contribution is -2.41. The lowest BCUT2D eigenvalue weighted by Gasteiger charge is -2.15. The molecule has 4 N–H and O–H groups in total. The van der Waals surface area contributed by atoms with Gasteiger partial charge in [0.05, 0.1) is 5.56 Å². The molecule has 1 rings (SSSR count). The van der Waals surface area contributed by atoms with Crippen molar-refractivity contribution >= 4 is 11.8 Å². The fourth-order valence-electron chi connectivity index (χ4n) is 1.36. The maximum absolute atomic E-state index is 11.6. The van der Waals surface area contributed by atoms with Crippen LogP contribution >= 0.6 is 0 Å². The van der Waals surface area contributed by atoms with Crippen LogP contribution in [0.5, 0.6) is 0 Å². The molecule has 0 spiro atoms. The highest BCUT2D eigenvalue weighted by molar-refractivity contribution is 5.93. The Kier molecular flexibility index (Phi) is 5.95. The summed E-state index contributed by atoms with van der Waals surface area (Å²) in [4.78, 5) is 27.1. The number of nitrogens with one attached hydrogen (secondary N) is 2. The summed E-state index contributed by atoms with van der Waals surface area (Å²) in [5.41, 5.74) is 6.13. The minimum atomic E-state index is -0.242. The summed E-state index contributed by atoms with van der Waals surface area (Å²) in [6.07, 6.45) is 3.10. The number of amides is 2. The second-order valence-corrected chi connectivity index (χ2v) is 4.44. The standard InChI is InChI=1S/C13H20N4O2/c1-9(10(2)14)12(18)16-6-7-17-13(19)11-4-3-5-15-8-11/h3-5,8-10H,6-7,14H2,1-2H3,(H,16,18)(H,17,19). The predicted molar refractivity (Wildman–Crippen MR) is 72.4 cm³/mol. The van der Waals surface area contributed by atoms with Crippen molar-refractivity contribution in [2.45, 2.75) is 19.9 Å². The average Bonchev–Trinajstić information content (AvgIpc) is 2.43. The SMILES string of the molecule is CC(N)C(C)C(=O)NCCNC(=O)c1cccnc1. The Labute approximate surface area is 112 Å². The summed E-state index contributed by atoms with van der Waals surface area (Å²) >= 11 is 0. The van der Waals surface area contributed by atoms with Gasteiger partial charge >= 0.3 is 0 Å². The van der Waals surface area contributed by atoms with Crippen molar-refractivity contribution < 1.29 is 9.59 Å². The quantitative estimate of drug-likeness (QED) is 0.626. The van der Waals surface area contributed by atoms with Gasteiger partial charge < -0.3 is 16.4 Å². The lowest BCUT2D eigenvalue weighted by molar-refractivity contribution is -0.124. The zero-order valence-corrected chi connectivity index (χ0v) is 11.2. The van der Waals surface area contributed by atoms with E-state index in [-0.39, 0.29) is 23.8 Å². The van der Waals surface area contributed by atoms with Crippen LogP contribution in [0.2, 0.25) is 0 Å². The van der Waals surface area contributed by atoms with Crippen LogP contribution in [0.3, 0.4) is 0 Å². The largest absolute Gasteiger partial charge is 0.354 e. The third kappa shape index (κ3) is 5.05. The molecule has 2 atom stereocenters. The van der Waals surface area contributed by atoms with E-state index < -0.39 is 0 Å². The molecule has 0 fully saturated rings. The fourth-order valence-corrected chi connectivity index (χ4v) is 1.36. The van der Waals surface area contributed by atoms with Crippen LogP contribution in [0.25, 0.3) is 0 Å². The Bertz CT molecular complexity index is 420. The molecular formula is C13H20N4O2. The number of carbonyl (C=O) groups is 2. The monoisotopic (exact) mass is 264 g/mol. The molecule has 6 nitrogen and oxygen atoms in total. The Balaban J connectivity index is 2.25. The van der Waals surface area contributed by atoms with E-state index in [1.54, 1.807) is 32.2 Å². The number of hydrogen-bond acceptors (Lipinski definition) is 4. The molecule has 0 saturated carbocycles. The van der Waals surface area contributed by atoms with Crippen LogP contribution < -0.4 is 16.4 Å². The number of carbonyl (C=O) groups excluding carboxylic acids is 2. The van der Waals surface area contributed by atoms with Crippen LogP contribution in [0.4, 0.5) is 0 Å². The smallest absolute Gasteiger partial charge is 0.252 e. The van der Waals surface area contributed by atoms with Gasteiger partial charge in [0, 0.05) is 37.4 Å². The molecular weight excluding hydrogens is 244 g/mol. The van der Waals surface area contributed by atoms with E-state index in [4.69, 9.17) is 5.73 Å². The molecule has 19 heavy (non-hydrogen) atoms. The van der Waals surface area contributed by atoms with Gasteiger partial charge in [-0.3, -0.25) is 14.6 Å². The van der Waals surface area contributed by atoms with Crippen molar-refractivity contribution in [2.24, 2.45) is 11.7 Å². The molecule has 1 aromatic rings. The molecule has 0 aliphatic rings. The van der Waals surface area contributed by atoms with Gasteiger partial charge in [-0.25, -0.2) is 0 Å². The maximum atomic E-state index is 11.6. The van der Waals surface area contributed by atoms with Crippen molar-refractivity contribution in [2.75, 3.05) is 13.1 Å². The molecule has 0 aliphatic carbocycles. The molecule has 1 heterocycles. The first-order chi connectivity index (χ1) is 9.02. The summed E-state index contributed by atoms with van der Waals surface area (Å²) in [5.74, 6) is -0.553. The van der Waals surface area contributed by atoms with Crippen LogP contribution in [0, 0.1) is 5.92 Å². The van der Waals surface area contributed by atoms with Crippen molar-refractivity contribution in [3.63, 3.8) is 0 Å². The number of aromatic nitrogens is 1. The Morgan fingerprint density at radius 1 is 1.32 bits per heavy atom. The van der Waals surface area contributed by atoms with E-state index in [1.165, 1.54) is 6.20 Å². The third-order valence-corrected chi connectivity index (χ3v) is 2.84. The molecule has 0 aromatic carbocycles. The third-order valence-electron chi connectivity index (χ3n) is 2.84. The summed E-state index contributed by atoms with van der Waals surface area (Å²) in [7, 11) is 0. The van der Waals surface area contributed by atoms with E-state index >= 15 is 0 Å². The maximum Gasteiger partial charge on any atom is 0.252 e. The highest BCUT2D eigenvalue weighted by atomic mass is 16.2. The van der Waals surface area contributed by atoms with Crippen molar-refractivity contribution in [1.82, 2.24) is 15.6 Å². The van der Waals surface area contributed by atoms with Crippen molar-refractivity contribution in [1.29, 1.82) is 0 Å². The van der Waals surface area contributed by atoms with Gasteiger partial charge in [-0.2, -0.15) is 0 Å². The van der Waals surface area contributed by atoms with Gasteiger partial charge in [0.1, 0.15) is 0 Å². The van der Waals surface area contributed by atoms with Crippen LogP contribution in [-0.2, 0) is 4.79 Å². The Hall–Kier alpha value is -1.95. The van der Waals surface area contributed by atoms with Crippen LogP contribution in [0.1, 0.15) is 24.2 Å². The molecule has 0 aliphatic heterocycles. The van der Waals surface area contributed by atoms with Gasteiger partial charge in [0.2, 0.25) is 5.91 Å². The van der Waals surface area contributed by atoms with Gasteiger partial charge in [-0.15, -0.1) is 0 Å². The topological polar surface area (TPSA) is 97.1 Å². The summed E-state index contributed by atoms with van der Waals surface area (Å²) < 4.78 is 0. The first-order valence-electron chi connectivity index (χ1n) is 6.24. The van der Waals surface area contributed by atoms with E-state index in [0.29, 0.717) is 18.7 Å². The number of nitrogens with two attached hydrogens (primary N) is 1. The Morgan fingerprint density at radius 3 is 2.58 bits per heavy atom. The highest BCUT2D eigenvalue weighted by Gasteiger charge is 2.16. The zero-order valence-electron chi connectivity index (χ0n) is 11.2. The normalized spacial score (nSPS) is 13.4. The van der Waals surface area contributed by atoms with E-state index in [0.717, 1.165) is 0 Å². The fraction of sp³-hybridized carbons (Fsp3) is 0.462. The number of pyridine rings is 1. The predicted octanol–water partition coefficient (Wildman–Crippen LogP) is -0.0891. The summed E-state index contributed by atoms with van der Waals surface area (Å²) in [5, 5.41) is 5.42. The average molecular weight is 264 g/mol. The minimum Gasteiger partial charge on any atom is -0.354 e. The van der Waals surface area contributed by atoms with E-state index in [1.807, 2.05) is 0 Å². The molecule has 1 aromatic heterocycles. The minimum absolute atomic E-state index is 0.106. The molecule has 0 bridgehead atoms. The second-order valence-electron chi connectivity index (χ2n) is 4.44. The van der Waals surface area contributed by atoms with Crippen LogP contribution in [-0.4, -0.2) is 35.9 Å². The Morgan fingerprint density at radius 2 is 2.00 bits per heavy atom. The molecule has 2 unspecified atom stereocenters. The molecule has 6 heteroatoms. The van der Waals surface area contributed by atoms with E-state index in [9.17, 15) is 9.59 Å². The number of rotatable bonds is 6. The lowest BCUT2D eigenvalue weighted by atomic mass is 10.0. The van der Waals surface area contributed by atoms with Gasteiger partial charge in [0.25, 0.3) is 5.91 Å². The first-order valence-corrected chi connectivity index (χ1v) is 6.24.